The van der Waals surface area contributed by atoms with Crippen LogP contribution in [-0.2, 0) is 15.9 Å². The van der Waals surface area contributed by atoms with Crippen LogP contribution in [-0.4, -0.2) is 25.0 Å². The van der Waals surface area contributed by atoms with Crippen LogP contribution in [0.25, 0.3) is 0 Å². The van der Waals surface area contributed by atoms with E-state index in [0.717, 1.165) is 0 Å². The first-order chi connectivity index (χ1) is 8.63. The van der Waals surface area contributed by atoms with E-state index < -0.39 is 6.16 Å². The summed E-state index contributed by atoms with van der Waals surface area (Å²) >= 11 is 0. The zero-order valence-electron chi connectivity index (χ0n) is 10.1. The molecule has 4 nitrogen and oxygen atoms in total. The van der Waals surface area contributed by atoms with Gasteiger partial charge < -0.3 is 14.6 Å². The molecule has 0 aliphatic carbocycles. The molecule has 1 N–H and O–H groups in total. The highest BCUT2D eigenvalue weighted by molar-refractivity contribution is 5.59. The minimum Gasteiger partial charge on any atom is -0.508 e. The van der Waals surface area contributed by atoms with E-state index in [4.69, 9.17) is 0 Å². The third kappa shape index (κ3) is 4.86. The lowest BCUT2D eigenvalue weighted by Crippen LogP contribution is -2.03. The van der Waals surface area contributed by atoms with E-state index in [0.29, 0.717) is 18.4 Å². The predicted molar refractivity (Wildman–Crippen MR) is 63.9 cm³/mol. The second kappa shape index (κ2) is 7.32. The van der Waals surface area contributed by atoms with Crippen LogP contribution in [0.15, 0.2) is 30.4 Å². The van der Waals surface area contributed by atoms with Gasteiger partial charge in [-0.2, -0.15) is 0 Å². The summed E-state index contributed by atoms with van der Waals surface area (Å²) < 4.78 is 21.8. The molecule has 0 aromatic heterocycles. The van der Waals surface area contributed by atoms with Gasteiger partial charge in [0.15, 0.2) is 0 Å². The van der Waals surface area contributed by atoms with Crippen LogP contribution < -0.4 is 0 Å². The van der Waals surface area contributed by atoms with Crippen molar-refractivity contribution in [3.63, 3.8) is 0 Å². The quantitative estimate of drug-likeness (QED) is 0.648. The summed E-state index contributed by atoms with van der Waals surface area (Å²) in [4.78, 5) is 10.6. The van der Waals surface area contributed by atoms with E-state index in [1.54, 1.807) is 12.2 Å². The first kappa shape index (κ1) is 14.0. The molecule has 5 heteroatoms. The SMILES string of the molecule is COC(=O)OC/C=C\CCc1cc(F)ccc1O. The Bertz CT molecular complexity index is 429. The van der Waals surface area contributed by atoms with Gasteiger partial charge in [-0.15, -0.1) is 0 Å². The van der Waals surface area contributed by atoms with Gasteiger partial charge in [-0.05, 0) is 36.6 Å². The minimum absolute atomic E-state index is 0.0793. The molecule has 0 heterocycles. The maximum absolute atomic E-state index is 12.9. The molecule has 1 rings (SSSR count). The van der Waals surface area contributed by atoms with E-state index in [-0.39, 0.29) is 18.2 Å². The second-order valence-electron chi connectivity index (χ2n) is 3.55. The van der Waals surface area contributed by atoms with Crippen molar-refractivity contribution >= 4 is 6.16 Å². The lowest BCUT2D eigenvalue weighted by atomic mass is 10.1. The van der Waals surface area contributed by atoms with Crippen LogP contribution in [0.1, 0.15) is 12.0 Å². The van der Waals surface area contributed by atoms with Crippen molar-refractivity contribution in [3.8, 4) is 5.75 Å². The molecule has 0 aliphatic rings. The highest BCUT2D eigenvalue weighted by Gasteiger charge is 2.01. The number of aromatic hydroxyl groups is 1. The van der Waals surface area contributed by atoms with Crippen molar-refractivity contribution in [1.82, 2.24) is 0 Å². The highest BCUT2D eigenvalue weighted by Crippen LogP contribution is 2.19. The van der Waals surface area contributed by atoms with Gasteiger partial charge in [0.1, 0.15) is 18.2 Å². The molecule has 0 radical (unpaired) electrons. The summed E-state index contributed by atoms with van der Waals surface area (Å²) in [6.45, 7) is 0.127. The Morgan fingerprint density at radius 1 is 1.44 bits per heavy atom. The summed E-state index contributed by atoms with van der Waals surface area (Å²) in [5.74, 6) is -0.295. The monoisotopic (exact) mass is 254 g/mol. The van der Waals surface area contributed by atoms with E-state index in [2.05, 4.69) is 9.47 Å². The van der Waals surface area contributed by atoms with Gasteiger partial charge in [0.25, 0.3) is 0 Å². The van der Waals surface area contributed by atoms with E-state index in [1.807, 2.05) is 0 Å². The van der Waals surface area contributed by atoms with Crippen molar-refractivity contribution < 1.29 is 23.8 Å². The maximum Gasteiger partial charge on any atom is 0.508 e. The Kier molecular flexibility index (Phi) is 5.70. The van der Waals surface area contributed by atoms with Crippen molar-refractivity contribution in [3.05, 3.63) is 41.7 Å². The molecule has 0 bridgehead atoms. The van der Waals surface area contributed by atoms with Crippen LogP contribution >= 0.6 is 0 Å². The molecule has 0 unspecified atom stereocenters. The summed E-state index contributed by atoms with van der Waals surface area (Å²) in [5.41, 5.74) is 0.550. The number of carbonyl (C=O) groups excluding carboxylic acids is 1. The van der Waals surface area contributed by atoms with Crippen molar-refractivity contribution in [2.75, 3.05) is 13.7 Å². The van der Waals surface area contributed by atoms with Gasteiger partial charge in [-0.25, -0.2) is 9.18 Å². The van der Waals surface area contributed by atoms with E-state index in [1.165, 1.54) is 25.3 Å². The number of ether oxygens (including phenoxy) is 2. The van der Waals surface area contributed by atoms with Crippen LogP contribution in [0.2, 0.25) is 0 Å². The smallest absolute Gasteiger partial charge is 0.508 e. The third-order valence-electron chi connectivity index (χ3n) is 2.25. The number of benzene rings is 1. The predicted octanol–water partition coefficient (Wildman–Crippen LogP) is 2.80. The summed E-state index contributed by atoms with van der Waals surface area (Å²) in [6.07, 6.45) is 3.84. The Hall–Kier alpha value is -2.04. The standard InChI is InChI=1S/C13H15FO4/c1-17-13(16)18-8-4-2-3-5-10-9-11(14)6-7-12(10)15/h2,4,6-7,9,15H,3,5,8H2,1H3/b4-2-. The molecule has 1 aromatic carbocycles. The molecular weight excluding hydrogens is 239 g/mol. The number of halogens is 1. The molecule has 1 aromatic rings. The fraction of sp³-hybridized carbons (Fsp3) is 0.308. The van der Waals surface area contributed by atoms with Crippen LogP contribution in [0.4, 0.5) is 9.18 Å². The molecule has 0 saturated heterocycles. The Morgan fingerprint density at radius 2 is 2.22 bits per heavy atom. The van der Waals surface area contributed by atoms with Gasteiger partial charge in [-0.1, -0.05) is 12.2 Å². The number of phenolic OH excluding ortho intramolecular Hbond substituents is 1. The van der Waals surface area contributed by atoms with Crippen molar-refractivity contribution in [2.45, 2.75) is 12.8 Å². The molecule has 0 fully saturated rings. The molecule has 0 spiro atoms. The molecule has 0 saturated carbocycles. The fourth-order valence-corrected chi connectivity index (χ4v) is 1.35. The summed E-state index contributed by atoms with van der Waals surface area (Å²) in [5, 5.41) is 9.47. The number of aryl methyl sites for hydroxylation is 1. The average Bonchev–Trinajstić information content (AvgIpc) is 2.37. The maximum atomic E-state index is 12.9. The van der Waals surface area contributed by atoms with Gasteiger partial charge in [0.05, 0.1) is 7.11 Å². The number of rotatable bonds is 5. The Morgan fingerprint density at radius 3 is 2.94 bits per heavy atom. The average molecular weight is 254 g/mol. The van der Waals surface area contributed by atoms with E-state index >= 15 is 0 Å². The van der Waals surface area contributed by atoms with Gasteiger partial charge in [-0.3, -0.25) is 0 Å². The molecule has 18 heavy (non-hydrogen) atoms. The van der Waals surface area contributed by atoms with Crippen LogP contribution in [0, 0.1) is 5.82 Å². The second-order valence-corrected chi connectivity index (χ2v) is 3.55. The molecule has 0 atom stereocenters. The first-order valence-corrected chi connectivity index (χ1v) is 5.46. The zero-order chi connectivity index (χ0) is 13.4. The number of phenols is 1. The number of hydrogen-bond donors (Lipinski definition) is 1. The normalized spacial score (nSPS) is 10.6. The van der Waals surface area contributed by atoms with Gasteiger partial charge >= 0.3 is 6.16 Å². The molecular formula is C13H15FO4. The van der Waals surface area contributed by atoms with Crippen LogP contribution in [0.5, 0.6) is 5.75 Å². The highest BCUT2D eigenvalue weighted by atomic mass is 19.1. The van der Waals surface area contributed by atoms with Gasteiger partial charge in [0, 0.05) is 0 Å². The number of carbonyl (C=O) groups is 1. The van der Waals surface area contributed by atoms with Gasteiger partial charge in [0.2, 0.25) is 0 Å². The molecule has 0 aliphatic heterocycles. The molecule has 0 amide bonds. The van der Waals surface area contributed by atoms with Crippen molar-refractivity contribution in [2.24, 2.45) is 0 Å². The molecule has 98 valence electrons. The number of hydrogen-bond acceptors (Lipinski definition) is 4. The Balaban J connectivity index is 2.31. The fourth-order valence-electron chi connectivity index (χ4n) is 1.35. The number of methoxy groups -OCH3 is 1. The van der Waals surface area contributed by atoms with Crippen molar-refractivity contribution in [1.29, 1.82) is 0 Å². The lowest BCUT2D eigenvalue weighted by molar-refractivity contribution is 0.0817. The third-order valence-corrected chi connectivity index (χ3v) is 2.25. The lowest BCUT2D eigenvalue weighted by Gasteiger charge is -2.02. The first-order valence-electron chi connectivity index (χ1n) is 5.46. The summed E-state index contributed by atoms with van der Waals surface area (Å²) in [6, 6.07) is 3.84. The number of allylic oxidation sites excluding steroid dienone is 1. The zero-order valence-corrected chi connectivity index (χ0v) is 10.1. The van der Waals surface area contributed by atoms with Crippen LogP contribution in [0.3, 0.4) is 0 Å². The van der Waals surface area contributed by atoms with E-state index in [9.17, 15) is 14.3 Å². The minimum atomic E-state index is -0.734. The Labute approximate surface area is 105 Å². The topological polar surface area (TPSA) is 55.8 Å². The summed E-state index contributed by atoms with van der Waals surface area (Å²) in [7, 11) is 1.23. The largest absolute Gasteiger partial charge is 0.508 e.